The molecule has 0 fully saturated rings. The SMILES string of the molecule is COc1cccc(CNC(=O)[C@]2(C)Cc3ccccc3C(=O)N2Cc2ccc(C)cc2)c1. The number of ether oxygens (including phenoxy) is 1. The molecule has 5 nitrogen and oxygen atoms in total. The van der Waals surface area contributed by atoms with Gasteiger partial charge < -0.3 is 15.0 Å². The Bertz CT molecular complexity index is 1140. The number of carbonyl (C=O) groups excluding carboxylic acids is 2. The minimum absolute atomic E-state index is 0.119. The van der Waals surface area contributed by atoms with E-state index in [-0.39, 0.29) is 11.8 Å². The monoisotopic (exact) mass is 428 g/mol. The van der Waals surface area contributed by atoms with Crippen LogP contribution in [-0.2, 0) is 24.3 Å². The van der Waals surface area contributed by atoms with Crippen molar-refractivity contribution in [2.45, 2.75) is 38.9 Å². The van der Waals surface area contributed by atoms with Gasteiger partial charge in [0.2, 0.25) is 5.91 Å². The molecule has 32 heavy (non-hydrogen) atoms. The molecule has 164 valence electrons. The first-order valence-electron chi connectivity index (χ1n) is 10.8. The van der Waals surface area contributed by atoms with Crippen molar-refractivity contribution >= 4 is 11.8 Å². The molecule has 1 aliphatic rings. The van der Waals surface area contributed by atoms with Gasteiger partial charge in [-0.15, -0.1) is 0 Å². The highest BCUT2D eigenvalue weighted by Crippen LogP contribution is 2.33. The third kappa shape index (κ3) is 4.24. The highest BCUT2D eigenvalue weighted by Gasteiger charge is 2.46. The molecule has 1 N–H and O–H groups in total. The second kappa shape index (κ2) is 8.87. The van der Waals surface area contributed by atoms with Crippen LogP contribution in [0.4, 0.5) is 0 Å². The standard InChI is InChI=1S/C27H28N2O3/c1-19-11-13-20(14-12-19)18-29-25(30)24-10-5-4-8-22(24)16-27(29,2)26(31)28-17-21-7-6-9-23(15-21)32-3/h4-15H,16-18H2,1-3H3,(H,28,31)/t27-/m0/s1. The van der Waals surface area contributed by atoms with Crippen molar-refractivity contribution in [2.24, 2.45) is 0 Å². The zero-order valence-electron chi connectivity index (χ0n) is 18.7. The number of hydrogen-bond donors (Lipinski definition) is 1. The van der Waals surface area contributed by atoms with E-state index in [1.165, 1.54) is 0 Å². The van der Waals surface area contributed by atoms with E-state index in [4.69, 9.17) is 4.74 Å². The lowest BCUT2D eigenvalue weighted by molar-refractivity contribution is -0.132. The van der Waals surface area contributed by atoms with Crippen LogP contribution in [0.5, 0.6) is 5.75 Å². The van der Waals surface area contributed by atoms with Crippen LogP contribution in [0.25, 0.3) is 0 Å². The Hall–Kier alpha value is -3.60. The lowest BCUT2D eigenvalue weighted by atomic mass is 9.82. The summed E-state index contributed by atoms with van der Waals surface area (Å²) < 4.78 is 5.28. The lowest BCUT2D eigenvalue weighted by Crippen LogP contribution is -2.62. The lowest BCUT2D eigenvalue weighted by Gasteiger charge is -2.44. The average molecular weight is 429 g/mol. The number of benzene rings is 3. The smallest absolute Gasteiger partial charge is 0.255 e. The molecule has 0 aromatic heterocycles. The Kier molecular flexibility index (Phi) is 5.99. The summed E-state index contributed by atoms with van der Waals surface area (Å²) in [4.78, 5) is 28.7. The van der Waals surface area contributed by atoms with Gasteiger partial charge in [0.1, 0.15) is 11.3 Å². The minimum Gasteiger partial charge on any atom is -0.497 e. The van der Waals surface area contributed by atoms with Gasteiger partial charge in [0.15, 0.2) is 0 Å². The number of carbonyl (C=O) groups is 2. The molecule has 0 saturated heterocycles. The van der Waals surface area contributed by atoms with Crippen LogP contribution in [-0.4, -0.2) is 29.4 Å². The molecule has 1 heterocycles. The topological polar surface area (TPSA) is 58.6 Å². The zero-order chi connectivity index (χ0) is 22.7. The number of methoxy groups -OCH3 is 1. The summed E-state index contributed by atoms with van der Waals surface area (Å²) in [6.45, 7) is 4.62. The maximum Gasteiger partial charge on any atom is 0.255 e. The van der Waals surface area contributed by atoms with Crippen LogP contribution in [0.1, 0.15) is 39.5 Å². The second-order valence-electron chi connectivity index (χ2n) is 8.52. The molecule has 1 atom stereocenters. The van der Waals surface area contributed by atoms with E-state index >= 15 is 0 Å². The number of aryl methyl sites for hydroxylation is 1. The Morgan fingerprint density at radius 1 is 1.03 bits per heavy atom. The fourth-order valence-electron chi connectivity index (χ4n) is 4.20. The van der Waals surface area contributed by atoms with Crippen molar-refractivity contribution in [1.82, 2.24) is 10.2 Å². The summed E-state index contributed by atoms with van der Waals surface area (Å²) in [5.74, 6) is 0.451. The summed E-state index contributed by atoms with van der Waals surface area (Å²) >= 11 is 0. The first-order valence-corrected chi connectivity index (χ1v) is 10.8. The van der Waals surface area contributed by atoms with Crippen LogP contribution in [0.15, 0.2) is 72.8 Å². The summed E-state index contributed by atoms with van der Waals surface area (Å²) in [7, 11) is 1.62. The van der Waals surface area contributed by atoms with Crippen LogP contribution < -0.4 is 10.1 Å². The van der Waals surface area contributed by atoms with Gasteiger partial charge in [0.25, 0.3) is 5.91 Å². The average Bonchev–Trinajstić information content (AvgIpc) is 2.81. The summed E-state index contributed by atoms with van der Waals surface area (Å²) in [5.41, 5.74) is 3.65. The van der Waals surface area contributed by atoms with Gasteiger partial charge in [-0.3, -0.25) is 9.59 Å². The molecule has 2 amide bonds. The molecule has 0 spiro atoms. The fourth-order valence-corrected chi connectivity index (χ4v) is 4.20. The highest BCUT2D eigenvalue weighted by molar-refractivity contribution is 6.02. The first kappa shape index (κ1) is 21.6. The van der Waals surface area contributed by atoms with Crippen molar-refractivity contribution in [3.05, 3.63) is 101 Å². The van der Waals surface area contributed by atoms with Gasteiger partial charge in [-0.1, -0.05) is 60.2 Å². The van der Waals surface area contributed by atoms with Gasteiger partial charge in [0.05, 0.1) is 7.11 Å². The Labute approximate surface area is 189 Å². The largest absolute Gasteiger partial charge is 0.497 e. The molecule has 3 aromatic rings. The Morgan fingerprint density at radius 3 is 2.53 bits per heavy atom. The van der Waals surface area contributed by atoms with Gasteiger partial charge in [-0.05, 0) is 48.7 Å². The summed E-state index contributed by atoms with van der Waals surface area (Å²) in [5, 5.41) is 3.05. The molecule has 5 heteroatoms. The van der Waals surface area contributed by atoms with Gasteiger partial charge >= 0.3 is 0 Å². The molecule has 3 aromatic carbocycles. The van der Waals surface area contributed by atoms with E-state index in [0.29, 0.717) is 25.1 Å². The van der Waals surface area contributed by atoms with Crippen molar-refractivity contribution in [2.75, 3.05) is 7.11 Å². The van der Waals surface area contributed by atoms with E-state index in [1.807, 2.05) is 86.6 Å². The third-order valence-electron chi connectivity index (χ3n) is 6.16. The quantitative estimate of drug-likeness (QED) is 0.638. The molecule has 1 aliphatic heterocycles. The van der Waals surface area contributed by atoms with E-state index in [9.17, 15) is 9.59 Å². The molecule has 0 bridgehead atoms. The molecular weight excluding hydrogens is 400 g/mol. The maximum absolute atomic E-state index is 13.5. The van der Waals surface area contributed by atoms with E-state index in [0.717, 1.165) is 28.0 Å². The second-order valence-corrected chi connectivity index (χ2v) is 8.52. The van der Waals surface area contributed by atoms with Crippen molar-refractivity contribution in [3.8, 4) is 5.75 Å². The van der Waals surface area contributed by atoms with Gasteiger partial charge in [0, 0.05) is 25.1 Å². The Balaban J connectivity index is 1.62. The van der Waals surface area contributed by atoms with Crippen LogP contribution in [0.3, 0.4) is 0 Å². The van der Waals surface area contributed by atoms with Crippen LogP contribution >= 0.6 is 0 Å². The zero-order valence-corrected chi connectivity index (χ0v) is 18.7. The predicted octanol–water partition coefficient (Wildman–Crippen LogP) is 4.28. The normalized spacial score (nSPS) is 17.6. The number of amides is 2. The molecule has 0 radical (unpaired) electrons. The van der Waals surface area contributed by atoms with Crippen LogP contribution in [0, 0.1) is 6.92 Å². The van der Waals surface area contributed by atoms with Crippen molar-refractivity contribution < 1.29 is 14.3 Å². The summed E-state index contributed by atoms with van der Waals surface area (Å²) in [6.07, 6.45) is 0.463. The number of nitrogens with zero attached hydrogens (tertiary/aromatic N) is 1. The summed E-state index contributed by atoms with van der Waals surface area (Å²) in [6, 6.07) is 23.2. The number of nitrogens with one attached hydrogen (secondary N) is 1. The first-order chi connectivity index (χ1) is 15.4. The van der Waals surface area contributed by atoms with E-state index in [2.05, 4.69) is 5.32 Å². The maximum atomic E-state index is 13.5. The molecule has 0 aliphatic carbocycles. The highest BCUT2D eigenvalue weighted by atomic mass is 16.5. The molecule has 0 unspecified atom stereocenters. The Morgan fingerprint density at radius 2 is 1.78 bits per heavy atom. The van der Waals surface area contributed by atoms with Crippen LogP contribution in [0.2, 0.25) is 0 Å². The number of rotatable bonds is 6. The molecule has 0 saturated carbocycles. The predicted molar refractivity (Wildman–Crippen MR) is 124 cm³/mol. The number of hydrogen-bond acceptors (Lipinski definition) is 3. The molecular formula is C27H28N2O3. The van der Waals surface area contributed by atoms with Gasteiger partial charge in [-0.25, -0.2) is 0 Å². The fraction of sp³-hybridized carbons (Fsp3) is 0.259. The molecule has 4 rings (SSSR count). The minimum atomic E-state index is -1.00. The number of fused-ring (bicyclic) bond motifs is 1. The van der Waals surface area contributed by atoms with E-state index in [1.54, 1.807) is 12.0 Å². The van der Waals surface area contributed by atoms with E-state index < -0.39 is 5.54 Å². The van der Waals surface area contributed by atoms with Gasteiger partial charge in [-0.2, -0.15) is 0 Å². The third-order valence-corrected chi connectivity index (χ3v) is 6.16. The van der Waals surface area contributed by atoms with Crippen molar-refractivity contribution in [3.63, 3.8) is 0 Å². The van der Waals surface area contributed by atoms with Crippen molar-refractivity contribution in [1.29, 1.82) is 0 Å².